The molecule has 1 aromatic rings. The van der Waals surface area contributed by atoms with Crippen LogP contribution in [0.4, 0.5) is 8.78 Å². The van der Waals surface area contributed by atoms with Crippen molar-refractivity contribution in [1.29, 1.82) is 0 Å². The molecule has 0 atom stereocenters. The zero-order valence-corrected chi connectivity index (χ0v) is 9.38. The molecule has 0 amide bonds. The van der Waals surface area contributed by atoms with E-state index in [2.05, 4.69) is 9.72 Å². The van der Waals surface area contributed by atoms with Crippen LogP contribution in [0, 0.1) is 6.92 Å². The Hall–Kier alpha value is -1.28. The monoisotopic (exact) mass is 252 g/mol. The van der Waals surface area contributed by atoms with Crippen molar-refractivity contribution in [1.82, 2.24) is 4.98 Å². The van der Waals surface area contributed by atoms with Crippen LogP contribution in [-0.2, 0) is 10.0 Å². The lowest BCUT2D eigenvalue weighted by atomic mass is 10.2. The first-order valence-corrected chi connectivity index (χ1v) is 5.68. The molecule has 0 fully saturated rings. The van der Waals surface area contributed by atoms with E-state index in [1.165, 1.54) is 20.1 Å². The summed E-state index contributed by atoms with van der Waals surface area (Å²) in [5.41, 5.74) is -0.816. The van der Waals surface area contributed by atoms with Crippen LogP contribution in [0.5, 0.6) is 5.88 Å². The Morgan fingerprint density at radius 3 is 2.44 bits per heavy atom. The van der Waals surface area contributed by atoms with Gasteiger partial charge in [0.25, 0.3) is 6.43 Å². The van der Waals surface area contributed by atoms with Crippen molar-refractivity contribution in [3.05, 3.63) is 17.3 Å². The first kappa shape index (κ1) is 12.8. The van der Waals surface area contributed by atoms with Crippen LogP contribution < -0.4 is 9.88 Å². The Kier molecular flexibility index (Phi) is 3.44. The normalized spacial score (nSPS) is 11.9. The Labute approximate surface area is 91.3 Å². The summed E-state index contributed by atoms with van der Waals surface area (Å²) < 4.78 is 52.2. The summed E-state index contributed by atoms with van der Waals surface area (Å²) >= 11 is 0. The van der Waals surface area contributed by atoms with Gasteiger partial charge in [-0.15, -0.1) is 0 Å². The third-order valence-electron chi connectivity index (χ3n) is 1.86. The summed E-state index contributed by atoms with van der Waals surface area (Å²) in [5, 5.41) is 4.85. The molecule has 0 aliphatic rings. The molecular weight excluding hydrogens is 242 g/mol. The Morgan fingerprint density at radius 1 is 1.50 bits per heavy atom. The molecule has 90 valence electrons. The van der Waals surface area contributed by atoms with Gasteiger partial charge in [0, 0.05) is 6.07 Å². The molecule has 0 saturated carbocycles. The largest absolute Gasteiger partial charge is 0.481 e. The lowest BCUT2D eigenvalue weighted by Gasteiger charge is -2.11. The van der Waals surface area contributed by atoms with Crippen LogP contribution in [0.15, 0.2) is 11.0 Å². The van der Waals surface area contributed by atoms with Crippen molar-refractivity contribution in [2.24, 2.45) is 5.14 Å². The lowest BCUT2D eigenvalue weighted by Crippen LogP contribution is -2.17. The van der Waals surface area contributed by atoms with Gasteiger partial charge in [0.1, 0.15) is 10.6 Å². The highest BCUT2D eigenvalue weighted by molar-refractivity contribution is 7.89. The van der Waals surface area contributed by atoms with Gasteiger partial charge in [-0.25, -0.2) is 27.3 Å². The maximum atomic E-state index is 12.6. The molecule has 0 radical (unpaired) electrons. The second-order valence-electron chi connectivity index (χ2n) is 3.04. The van der Waals surface area contributed by atoms with Crippen LogP contribution in [0.3, 0.4) is 0 Å². The fourth-order valence-corrected chi connectivity index (χ4v) is 2.21. The van der Waals surface area contributed by atoms with E-state index in [0.717, 1.165) is 0 Å². The number of primary sulfonamides is 1. The van der Waals surface area contributed by atoms with E-state index in [0.29, 0.717) is 0 Å². The number of ether oxygens (including phenoxy) is 1. The third kappa shape index (κ3) is 2.45. The molecule has 8 heteroatoms. The Morgan fingerprint density at radius 2 is 2.06 bits per heavy atom. The number of aromatic nitrogens is 1. The quantitative estimate of drug-likeness (QED) is 0.869. The molecule has 0 aromatic carbocycles. The van der Waals surface area contributed by atoms with Gasteiger partial charge < -0.3 is 4.74 Å². The maximum absolute atomic E-state index is 12.6. The summed E-state index contributed by atoms with van der Waals surface area (Å²) in [7, 11) is -2.99. The summed E-state index contributed by atoms with van der Waals surface area (Å²) in [6, 6.07) is 1.23. The predicted molar refractivity (Wildman–Crippen MR) is 51.9 cm³/mol. The van der Waals surface area contributed by atoms with Gasteiger partial charge in [0.2, 0.25) is 15.9 Å². The van der Waals surface area contributed by atoms with Gasteiger partial charge in [-0.1, -0.05) is 0 Å². The highest BCUT2D eigenvalue weighted by Gasteiger charge is 2.25. The van der Waals surface area contributed by atoms with E-state index in [4.69, 9.17) is 5.14 Å². The summed E-state index contributed by atoms with van der Waals surface area (Å²) in [5.74, 6) is -0.0831. The molecule has 1 aromatic heterocycles. The number of rotatable bonds is 3. The number of sulfonamides is 1. The van der Waals surface area contributed by atoms with Gasteiger partial charge in [-0.2, -0.15) is 0 Å². The van der Waals surface area contributed by atoms with E-state index in [1.54, 1.807) is 0 Å². The zero-order valence-electron chi connectivity index (χ0n) is 8.57. The van der Waals surface area contributed by atoms with Gasteiger partial charge in [-0.3, -0.25) is 0 Å². The van der Waals surface area contributed by atoms with Crippen molar-refractivity contribution >= 4 is 10.0 Å². The molecule has 0 unspecified atom stereocenters. The number of aryl methyl sites for hydroxylation is 1. The molecule has 16 heavy (non-hydrogen) atoms. The molecule has 2 N–H and O–H groups in total. The van der Waals surface area contributed by atoms with Crippen LogP contribution in [0.25, 0.3) is 0 Å². The van der Waals surface area contributed by atoms with Gasteiger partial charge in [-0.05, 0) is 12.5 Å². The molecule has 0 aliphatic carbocycles. The minimum atomic E-state index is -4.23. The topological polar surface area (TPSA) is 82.3 Å². The number of alkyl halides is 2. The molecule has 5 nitrogen and oxygen atoms in total. The van der Waals surface area contributed by atoms with Crippen molar-refractivity contribution < 1.29 is 21.9 Å². The molecule has 0 aliphatic heterocycles. The number of pyridine rings is 1. The fraction of sp³-hybridized carbons (Fsp3) is 0.375. The minimum absolute atomic E-state index is 0.0737. The fourth-order valence-electron chi connectivity index (χ4n) is 1.28. The highest BCUT2D eigenvalue weighted by Crippen LogP contribution is 2.29. The van der Waals surface area contributed by atoms with Gasteiger partial charge in [0.15, 0.2) is 0 Å². The van der Waals surface area contributed by atoms with E-state index in [-0.39, 0.29) is 11.4 Å². The minimum Gasteiger partial charge on any atom is -0.481 e. The van der Waals surface area contributed by atoms with Crippen LogP contribution in [-0.4, -0.2) is 20.5 Å². The number of hydrogen-bond acceptors (Lipinski definition) is 4. The van der Waals surface area contributed by atoms with Crippen molar-refractivity contribution in [2.45, 2.75) is 18.2 Å². The molecular formula is C8H10F2N2O3S. The molecule has 1 heterocycles. The number of nitrogens with zero attached hydrogens (tertiary/aromatic N) is 1. The first-order chi connectivity index (χ1) is 7.27. The summed E-state index contributed by atoms with van der Waals surface area (Å²) in [6.07, 6.45) is -3.04. The lowest BCUT2D eigenvalue weighted by molar-refractivity contribution is 0.141. The van der Waals surface area contributed by atoms with Crippen molar-refractivity contribution in [2.75, 3.05) is 7.11 Å². The van der Waals surface area contributed by atoms with E-state index >= 15 is 0 Å². The average molecular weight is 252 g/mol. The number of halogens is 2. The second-order valence-corrected chi connectivity index (χ2v) is 4.54. The maximum Gasteiger partial charge on any atom is 0.281 e. The Bertz CT molecular complexity index is 502. The summed E-state index contributed by atoms with van der Waals surface area (Å²) in [6.45, 7) is 1.34. The zero-order chi connectivity index (χ0) is 12.5. The smallest absolute Gasteiger partial charge is 0.281 e. The number of hydrogen-bond donors (Lipinski definition) is 1. The van der Waals surface area contributed by atoms with Crippen molar-refractivity contribution in [3.8, 4) is 5.88 Å². The third-order valence-corrected chi connectivity index (χ3v) is 2.96. The summed E-state index contributed by atoms with van der Waals surface area (Å²) in [4.78, 5) is 2.74. The SMILES string of the molecule is COc1cc(C)c(S(N)(=O)=O)c(C(F)F)n1. The van der Waals surface area contributed by atoms with Crippen molar-refractivity contribution in [3.63, 3.8) is 0 Å². The van der Waals surface area contributed by atoms with E-state index < -0.39 is 27.0 Å². The molecule has 0 spiro atoms. The van der Waals surface area contributed by atoms with E-state index in [9.17, 15) is 17.2 Å². The van der Waals surface area contributed by atoms with Gasteiger partial charge in [0.05, 0.1) is 7.11 Å². The predicted octanol–water partition coefficient (Wildman–Crippen LogP) is 0.984. The first-order valence-electron chi connectivity index (χ1n) is 4.14. The van der Waals surface area contributed by atoms with Crippen LogP contribution >= 0.6 is 0 Å². The molecule has 1 rings (SSSR count). The second kappa shape index (κ2) is 4.30. The highest BCUT2D eigenvalue weighted by atomic mass is 32.2. The molecule has 0 saturated heterocycles. The van der Waals surface area contributed by atoms with Crippen LogP contribution in [0.2, 0.25) is 0 Å². The standard InChI is InChI=1S/C8H10F2N2O3S/c1-4-3-5(15-2)12-6(8(9)10)7(4)16(11,13)14/h3,8H,1-2H3,(H2,11,13,14). The molecule has 0 bridgehead atoms. The van der Waals surface area contributed by atoms with Gasteiger partial charge >= 0.3 is 0 Å². The Balaban J connectivity index is 3.59. The number of methoxy groups -OCH3 is 1. The van der Waals surface area contributed by atoms with Crippen LogP contribution in [0.1, 0.15) is 17.7 Å². The van der Waals surface area contributed by atoms with E-state index in [1.807, 2.05) is 0 Å². The number of nitrogens with two attached hydrogens (primary N) is 1. The average Bonchev–Trinajstić information content (AvgIpc) is 2.14.